The van der Waals surface area contributed by atoms with Gasteiger partial charge in [0.25, 0.3) is 0 Å². The normalized spacial score (nSPS) is 16.3. The summed E-state index contributed by atoms with van der Waals surface area (Å²) in [5.41, 5.74) is 7.16. The molecule has 160 valence electrons. The predicted octanol–water partition coefficient (Wildman–Crippen LogP) is 2.75. The molecular weight excluding hydrogens is 382 g/mol. The Balaban J connectivity index is 1.79. The Morgan fingerprint density at radius 3 is 2.50 bits per heavy atom. The fourth-order valence-corrected chi connectivity index (χ4v) is 3.93. The lowest BCUT2D eigenvalue weighted by Gasteiger charge is -2.29. The standard InChI is InChI=1S/C23H29N3O4/c1-29-18-11-9-17(10-12-18)19-7-5-14-25(19)16-23(28)26(15-13-22(24)27)20-6-3-4-8-21(20)30-2/h3-4,6,8-12,19H,5,7,13-16H2,1-2H3,(H2,24,27). The van der Waals surface area contributed by atoms with E-state index >= 15 is 0 Å². The summed E-state index contributed by atoms with van der Waals surface area (Å²) >= 11 is 0. The summed E-state index contributed by atoms with van der Waals surface area (Å²) in [5, 5.41) is 0. The largest absolute Gasteiger partial charge is 0.497 e. The maximum atomic E-state index is 13.3. The molecule has 30 heavy (non-hydrogen) atoms. The van der Waals surface area contributed by atoms with Crippen LogP contribution in [-0.2, 0) is 9.59 Å². The second kappa shape index (κ2) is 10.1. The van der Waals surface area contributed by atoms with Gasteiger partial charge in [-0.15, -0.1) is 0 Å². The Morgan fingerprint density at radius 1 is 1.10 bits per heavy atom. The van der Waals surface area contributed by atoms with E-state index in [-0.39, 0.29) is 31.5 Å². The average Bonchev–Trinajstić information content (AvgIpc) is 3.22. The number of primary amides is 1. The molecule has 1 aliphatic heterocycles. The number of nitrogens with two attached hydrogens (primary N) is 1. The van der Waals surface area contributed by atoms with Gasteiger partial charge in [-0.3, -0.25) is 14.5 Å². The maximum absolute atomic E-state index is 13.3. The number of hydrogen-bond donors (Lipinski definition) is 1. The summed E-state index contributed by atoms with van der Waals surface area (Å²) in [6, 6.07) is 15.5. The fourth-order valence-electron chi connectivity index (χ4n) is 3.93. The van der Waals surface area contributed by atoms with Gasteiger partial charge < -0.3 is 20.1 Å². The van der Waals surface area contributed by atoms with Crippen molar-refractivity contribution in [2.75, 3.05) is 38.8 Å². The third-order valence-electron chi connectivity index (χ3n) is 5.46. The minimum atomic E-state index is -0.444. The third-order valence-corrected chi connectivity index (χ3v) is 5.46. The van der Waals surface area contributed by atoms with Crippen LogP contribution in [-0.4, -0.2) is 50.6 Å². The second-order valence-corrected chi connectivity index (χ2v) is 7.34. The molecule has 0 radical (unpaired) electrons. The summed E-state index contributed by atoms with van der Waals surface area (Å²) in [7, 11) is 3.21. The Hall–Kier alpha value is -3.06. The molecule has 1 heterocycles. The Labute approximate surface area is 177 Å². The van der Waals surface area contributed by atoms with Gasteiger partial charge in [-0.2, -0.15) is 0 Å². The van der Waals surface area contributed by atoms with Crippen LogP contribution in [0.4, 0.5) is 5.69 Å². The van der Waals surface area contributed by atoms with Crippen molar-refractivity contribution in [1.29, 1.82) is 0 Å². The van der Waals surface area contributed by atoms with Crippen LogP contribution in [0.1, 0.15) is 30.9 Å². The van der Waals surface area contributed by atoms with Gasteiger partial charge >= 0.3 is 0 Å². The number of para-hydroxylation sites is 2. The smallest absolute Gasteiger partial charge is 0.241 e. The highest BCUT2D eigenvalue weighted by Crippen LogP contribution is 2.33. The average molecular weight is 412 g/mol. The van der Waals surface area contributed by atoms with Crippen molar-refractivity contribution < 1.29 is 19.1 Å². The van der Waals surface area contributed by atoms with Crippen LogP contribution >= 0.6 is 0 Å². The molecule has 2 amide bonds. The van der Waals surface area contributed by atoms with Gasteiger partial charge in [0, 0.05) is 19.0 Å². The minimum absolute atomic E-state index is 0.0823. The highest BCUT2D eigenvalue weighted by atomic mass is 16.5. The molecule has 2 N–H and O–H groups in total. The number of amides is 2. The number of ether oxygens (including phenoxy) is 2. The summed E-state index contributed by atoms with van der Waals surface area (Å²) in [4.78, 5) is 28.5. The number of methoxy groups -OCH3 is 2. The second-order valence-electron chi connectivity index (χ2n) is 7.34. The summed E-state index contributed by atoms with van der Waals surface area (Å²) in [5.74, 6) is 0.873. The summed E-state index contributed by atoms with van der Waals surface area (Å²) in [6.45, 7) is 1.32. The van der Waals surface area contributed by atoms with Crippen LogP contribution in [0.3, 0.4) is 0 Å². The quantitative estimate of drug-likeness (QED) is 0.686. The van der Waals surface area contributed by atoms with Crippen molar-refractivity contribution in [3.63, 3.8) is 0 Å². The molecule has 3 rings (SSSR count). The van der Waals surface area contributed by atoms with Crippen LogP contribution in [0, 0.1) is 0 Å². The van der Waals surface area contributed by atoms with Crippen LogP contribution in [0.25, 0.3) is 0 Å². The monoisotopic (exact) mass is 411 g/mol. The molecule has 0 saturated carbocycles. The van der Waals surface area contributed by atoms with Crippen molar-refractivity contribution in [1.82, 2.24) is 4.90 Å². The Kier molecular flexibility index (Phi) is 7.30. The lowest BCUT2D eigenvalue weighted by Crippen LogP contribution is -2.41. The van der Waals surface area contributed by atoms with Gasteiger partial charge in [0.05, 0.1) is 26.5 Å². The third kappa shape index (κ3) is 5.10. The van der Waals surface area contributed by atoms with Crippen molar-refractivity contribution in [3.05, 3.63) is 54.1 Å². The molecular formula is C23H29N3O4. The molecule has 7 heteroatoms. The highest BCUT2D eigenvalue weighted by Gasteiger charge is 2.30. The molecule has 1 fully saturated rings. The van der Waals surface area contributed by atoms with Gasteiger partial charge in [0.1, 0.15) is 11.5 Å². The first-order valence-electron chi connectivity index (χ1n) is 10.1. The van der Waals surface area contributed by atoms with E-state index in [0.717, 1.165) is 25.1 Å². The number of carbonyl (C=O) groups excluding carboxylic acids is 2. The SMILES string of the molecule is COc1ccc(C2CCCN2CC(=O)N(CCC(N)=O)c2ccccc2OC)cc1. The van der Waals surface area contributed by atoms with E-state index in [1.54, 1.807) is 25.2 Å². The van der Waals surface area contributed by atoms with Crippen LogP contribution in [0.2, 0.25) is 0 Å². The maximum Gasteiger partial charge on any atom is 0.241 e. The molecule has 0 aromatic heterocycles. The summed E-state index contributed by atoms with van der Waals surface area (Å²) in [6.07, 6.45) is 2.11. The number of likely N-dealkylation sites (tertiary alicyclic amines) is 1. The minimum Gasteiger partial charge on any atom is -0.497 e. The molecule has 1 atom stereocenters. The molecule has 0 spiro atoms. The lowest BCUT2D eigenvalue weighted by atomic mass is 10.0. The molecule has 1 unspecified atom stereocenters. The molecule has 1 saturated heterocycles. The molecule has 7 nitrogen and oxygen atoms in total. The number of benzene rings is 2. The van der Waals surface area contributed by atoms with E-state index in [2.05, 4.69) is 17.0 Å². The number of anilines is 1. The van der Waals surface area contributed by atoms with E-state index in [9.17, 15) is 9.59 Å². The first-order valence-corrected chi connectivity index (χ1v) is 10.1. The van der Waals surface area contributed by atoms with E-state index in [0.29, 0.717) is 11.4 Å². The highest BCUT2D eigenvalue weighted by molar-refractivity contribution is 5.96. The van der Waals surface area contributed by atoms with E-state index in [4.69, 9.17) is 15.2 Å². The van der Waals surface area contributed by atoms with Gasteiger partial charge in [0.2, 0.25) is 11.8 Å². The number of nitrogens with zero attached hydrogens (tertiary/aromatic N) is 2. The topological polar surface area (TPSA) is 85.1 Å². The van der Waals surface area contributed by atoms with Crippen LogP contribution < -0.4 is 20.1 Å². The predicted molar refractivity (Wildman–Crippen MR) is 116 cm³/mol. The van der Waals surface area contributed by atoms with Crippen molar-refractivity contribution in [2.24, 2.45) is 5.73 Å². The number of carbonyl (C=O) groups is 2. The van der Waals surface area contributed by atoms with E-state index in [1.165, 1.54) is 5.56 Å². The van der Waals surface area contributed by atoms with Crippen molar-refractivity contribution in [2.45, 2.75) is 25.3 Å². The summed E-state index contributed by atoms with van der Waals surface area (Å²) < 4.78 is 10.7. The first kappa shape index (κ1) is 21.6. The Bertz CT molecular complexity index is 869. The molecule has 1 aliphatic rings. The fraction of sp³-hybridized carbons (Fsp3) is 0.391. The number of hydrogen-bond acceptors (Lipinski definition) is 5. The number of rotatable bonds is 9. The first-order chi connectivity index (χ1) is 14.5. The van der Waals surface area contributed by atoms with Crippen molar-refractivity contribution in [3.8, 4) is 11.5 Å². The van der Waals surface area contributed by atoms with Crippen LogP contribution in [0.15, 0.2) is 48.5 Å². The van der Waals surface area contributed by atoms with Crippen molar-refractivity contribution >= 4 is 17.5 Å². The zero-order valence-corrected chi connectivity index (χ0v) is 17.5. The molecule has 0 bridgehead atoms. The zero-order chi connectivity index (χ0) is 21.5. The van der Waals surface area contributed by atoms with Gasteiger partial charge in [0.15, 0.2) is 0 Å². The molecule has 2 aromatic carbocycles. The van der Waals surface area contributed by atoms with Gasteiger partial charge in [-0.05, 0) is 49.2 Å². The Morgan fingerprint density at radius 2 is 1.83 bits per heavy atom. The van der Waals surface area contributed by atoms with E-state index in [1.807, 2.05) is 30.3 Å². The molecule has 0 aliphatic carbocycles. The van der Waals surface area contributed by atoms with Gasteiger partial charge in [-0.1, -0.05) is 24.3 Å². The van der Waals surface area contributed by atoms with Crippen LogP contribution in [0.5, 0.6) is 11.5 Å². The molecule has 2 aromatic rings. The zero-order valence-electron chi connectivity index (χ0n) is 17.5. The van der Waals surface area contributed by atoms with E-state index < -0.39 is 5.91 Å². The lowest BCUT2D eigenvalue weighted by molar-refractivity contribution is -0.120. The van der Waals surface area contributed by atoms with Gasteiger partial charge in [-0.25, -0.2) is 0 Å².